The second kappa shape index (κ2) is 9.38. The van der Waals surface area contributed by atoms with Crippen LogP contribution in [0.3, 0.4) is 0 Å². The van der Waals surface area contributed by atoms with Crippen molar-refractivity contribution in [3.63, 3.8) is 0 Å². The van der Waals surface area contributed by atoms with Gasteiger partial charge >= 0.3 is 0 Å². The summed E-state index contributed by atoms with van der Waals surface area (Å²) in [4.78, 5) is 41.5. The van der Waals surface area contributed by atoms with Crippen LogP contribution in [-0.2, 0) is 0 Å². The molecular formula is C16H13BrN2O8. The lowest BCUT2D eigenvalue weighted by atomic mass is 10.1. The summed E-state index contributed by atoms with van der Waals surface area (Å²) in [7, 11) is 0. The first-order valence-electron chi connectivity index (χ1n) is 7.13. The molecule has 10 nitrogen and oxygen atoms in total. The van der Waals surface area contributed by atoms with E-state index in [0.717, 1.165) is 36.4 Å². The maximum absolute atomic E-state index is 11.2. The van der Waals surface area contributed by atoms with Gasteiger partial charge in [0.1, 0.15) is 11.5 Å². The van der Waals surface area contributed by atoms with E-state index in [4.69, 9.17) is 5.11 Å². The molecular weight excluding hydrogens is 428 g/mol. The predicted octanol–water partition coefficient (Wildman–Crippen LogP) is 3.38. The number of phenols is 2. The largest absolute Gasteiger partial charge is 0.507 e. The summed E-state index contributed by atoms with van der Waals surface area (Å²) in [5.74, 6) is -1.29. The highest BCUT2D eigenvalue weighted by atomic mass is 79.9. The molecule has 0 aromatic heterocycles. The Kier molecular flexibility index (Phi) is 7.54. The number of nitro groups is 2. The van der Waals surface area contributed by atoms with Gasteiger partial charge in [-0.15, -0.1) is 0 Å². The molecule has 0 saturated carbocycles. The van der Waals surface area contributed by atoms with Crippen molar-refractivity contribution in [1.29, 1.82) is 0 Å². The molecule has 11 heteroatoms. The summed E-state index contributed by atoms with van der Waals surface area (Å²) in [6, 6.07) is 6.65. The van der Waals surface area contributed by atoms with Crippen LogP contribution in [0.1, 0.15) is 27.6 Å². The molecule has 0 aliphatic heterocycles. The molecule has 0 atom stereocenters. The number of nitrogens with zero attached hydrogens (tertiary/aromatic N) is 2. The number of nitro benzene ring substituents is 2. The average molecular weight is 441 g/mol. The summed E-state index contributed by atoms with van der Waals surface area (Å²) in [6.45, 7) is 1.23. The van der Waals surface area contributed by atoms with Gasteiger partial charge in [0.25, 0.3) is 11.4 Å². The minimum Gasteiger partial charge on any atom is -0.507 e. The Hall–Kier alpha value is -3.34. The Morgan fingerprint density at radius 3 is 1.70 bits per heavy atom. The lowest BCUT2D eigenvalue weighted by Gasteiger charge is -2.00. The molecule has 0 aliphatic rings. The predicted molar refractivity (Wildman–Crippen MR) is 97.7 cm³/mol. The number of halogens is 1. The van der Waals surface area contributed by atoms with Gasteiger partial charge in [-0.25, -0.2) is 0 Å². The molecule has 0 saturated heterocycles. The number of non-ortho nitro benzene ring substituents is 2. The number of benzene rings is 2. The molecule has 0 heterocycles. The Morgan fingerprint density at radius 1 is 0.926 bits per heavy atom. The zero-order valence-electron chi connectivity index (χ0n) is 13.8. The number of hydrogen-bond donors (Lipinski definition) is 2. The van der Waals surface area contributed by atoms with E-state index in [1.165, 1.54) is 6.92 Å². The first kappa shape index (κ1) is 21.7. The Labute approximate surface area is 160 Å². The summed E-state index contributed by atoms with van der Waals surface area (Å²) >= 11 is 2.92. The normalized spacial score (nSPS) is 9.70. The Bertz CT molecular complexity index is 913. The van der Waals surface area contributed by atoms with Crippen molar-refractivity contribution in [3.05, 3.63) is 67.8 Å². The van der Waals surface area contributed by atoms with Gasteiger partial charge in [-0.05, 0) is 19.1 Å². The highest BCUT2D eigenvalue weighted by molar-refractivity contribution is 9.09. The van der Waals surface area contributed by atoms with Crippen LogP contribution in [0.15, 0.2) is 36.4 Å². The zero-order chi connectivity index (χ0) is 20.7. The fourth-order valence-corrected chi connectivity index (χ4v) is 2.15. The number of ketones is 2. The van der Waals surface area contributed by atoms with Gasteiger partial charge in [0, 0.05) is 24.3 Å². The quantitative estimate of drug-likeness (QED) is 0.309. The third-order valence-electron chi connectivity index (χ3n) is 3.18. The first-order chi connectivity index (χ1) is 12.6. The molecule has 0 spiro atoms. The van der Waals surface area contributed by atoms with E-state index in [2.05, 4.69) is 15.9 Å². The van der Waals surface area contributed by atoms with Crippen LogP contribution >= 0.6 is 15.9 Å². The van der Waals surface area contributed by atoms with Crippen molar-refractivity contribution in [2.45, 2.75) is 6.92 Å². The maximum Gasteiger partial charge on any atom is 0.270 e. The van der Waals surface area contributed by atoms with Crippen molar-refractivity contribution in [1.82, 2.24) is 0 Å². The van der Waals surface area contributed by atoms with Gasteiger partial charge in [-0.3, -0.25) is 29.8 Å². The summed E-state index contributed by atoms with van der Waals surface area (Å²) in [5.41, 5.74) is -0.500. The Morgan fingerprint density at radius 2 is 1.33 bits per heavy atom. The van der Waals surface area contributed by atoms with Gasteiger partial charge in [0.15, 0.2) is 11.6 Å². The smallest absolute Gasteiger partial charge is 0.270 e. The van der Waals surface area contributed by atoms with Crippen molar-refractivity contribution in [3.8, 4) is 11.5 Å². The van der Waals surface area contributed by atoms with Gasteiger partial charge < -0.3 is 10.2 Å². The van der Waals surface area contributed by atoms with E-state index < -0.39 is 21.4 Å². The standard InChI is InChI=1S/C8H6BrNO4.C8H7NO4/c9-4-8(12)6-3-5(10(13)14)1-2-7(6)11;1-5(10)7-4-6(9(12)13)2-3-8(7)11/h1-3,11H,4H2;2-4,11H,1H3. The van der Waals surface area contributed by atoms with E-state index in [1.54, 1.807) is 0 Å². The van der Waals surface area contributed by atoms with Crippen molar-refractivity contribution in [2.75, 3.05) is 5.33 Å². The number of rotatable bonds is 5. The highest BCUT2D eigenvalue weighted by Crippen LogP contribution is 2.24. The van der Waals surface area contributed by atoms with Gasteiger partial charge in [0.05, 0.1) is 26.3 Å². The number of aromatic hydroxyl groups is 2. The third kappa shape index (κ3) is 5.85. The fourth-order valence-electron chi connectivity index (χ4n) is 1.85. The van der Waals surface area contributed by atoms with E-state index in [-0.39, 0.29) is 39.3 Å². The molecule has 2 N–H and O–H groups in total. The number of hydrogen-bond acceptors (Lipinski definition) is 8. The fraction of sp³-hybridized carbons (Fsp3) is 0.125. The number of phenolic OH excluding ortho intramolecular Hbond substituents is 2. The van der Waals surface area contributed by atoms with Crippen LogP contribution in [0, 0.1) is 20.2 Å². The highest BCUT2D eigenvalue weighted by Gasteiger charge is 2.15. The first-order valence-corrected chi connectivity index (χ1v) is 8.25. The molecule has 0 radical (unpaired) electrons. The summed E-state index contributed by atoms with van der Waals surface area (Å²) in [6.07, 6.45) is 0. The molecule has 0 aliphatic carbocycles. The molecule has 0 bridgehead atoms. The molecule has 142 valence electrons. The van der Waals surface area contributed by atoms with E-state index >= 15 is 0 Å². The minimum absolute atomic E-state index is 0.0156. The minimum atomic E-state index is -0.621. The summed E-state index contributed by atoms with van der Waals surface area (Å²) < 4.78 is 0. The maximum atomic E-state index is 11.2. The van der Waals surface area contributed by atoms with Crippen LogP contribution < -0.4 is 0 Å². The molecule has 2 rings (SSSR count). The topological polar surface area (TPSA) is 161 Å². The van der Waals surface area contributed by atoms with Crippen molar-refractivity contribution in [2.24, 2.45) is 0 Å². The van der Waals surface area contributed by atoms with E-state index in [0.29, 0.717) is 0 Å². The molecule has 0 fully saturated rings. The van der Waals surface area contributed by atoms with Crippen molar-refractivity contribution >= 4 is 38.9 Å². The average Bonchev–Trinajstić information content (AvgIpc) is 2.61. The van der Waals surface area contributed by atoms with Gasteiger partial charge in [0.2, 0.25) is 0 Å². The summed E-state index contributed by atoms with van der Waals surface area (Å²) in [5, 5.41) is 39.1. The molecule has 2 aromatic carbocycles. The number of carbonyl (C=O) groups excluding carboxylic acids is 2. The van der Waals surface area contributed by atoms with Gasteiger partial charge in [-0.1, -0.05) is 15.9 Å². The lowest BCUT2D eigenvalue weighted by Crippen LogP contribution is -2.01. The van der Waals surface area contributed by atoms with Gasteiger partial charge in [-0.2, -0.15) is 0 Å². The molecule has 0 amide bonds. The van der Waals surface area contributed by atoms with Crippen LogP contribution in [0.4, 0.5) is 11.4 Å². The van der Waals surface area contributed by atoms with E-state index in [1.807, 2.05) is 0 Å². The molecule has 27 heavy (non-hydrogen) atoms. The monoisotopic (exact) mass is 440 g/mol. The zero-order valence-corrected chi connectivity index (χ0v) is 15.4. The van der Waals surface area contributed by atoms with Crippen LogP contribution in [0.5, 0.6) is 11.5 Å². The van der Waals surface area contributed by atoms with Crippen LogP contribution in [0.25, 0.3) is 0 Å². The lowest BCUT2D eigenvalue weighted by molar-refractivity contribution is -0.385. The van der Waals surface area contributed by atoms with Crippen LogP contribution in [-0.4, -0.2) is 37.0 Å². The number of Topliss-reactive ketones (excluding diaryl/α,β-unsaturated/α-hetero) is 2. The number of carbonyl (C=O) groups is 2. The third-order valence-corrected chi connectivity index (χ3v) is 3.69. The Balaban J connectivity index is 0.000000271. The SMILES string of the molecule is CC(=O)c1cc([N+](=O)[O-])ccc1O.O=C(CBr)c1cc([N+](=O)[O-])ccc1O. The second-order valence-electron chi connectivity index (χ2n) is 5.03. The second-order valence-corrected chi connectivity index (χ2v) is 5.59. The molecule has 2 aromatic rings. The van der Waals surface area contributed by atoms with E-state index in [9.17, 15) is 34.9 Å². The molecule has 0 unspecified atom stereocenters. The number of alkyl halides is 1. The van der Waals surface area contributed by atoms with Crippen molar-refractivity contribution < 1.29 is 29.6 Å². The van der Waals surface area contributed by atoms with Crippen LogP contribution in [0.2, 0.25) is 0 Å².